The second-order valence-corrected chi connectivity index (χ2v) is 6.46. The molecule has 0 aliphatic rings. The molecule has 1 aromatic rings. The van der Waals surface area contributed by atoms with Gasteiger partial charge in [-0.05, 0) is 26.3 Å². The molecule has 0 spiro atoms. The van der Waals surface area contributed by atoms with E-state index in [1.54, 1.807) is 6.08 Å². The second kappa shape index (κ2) is 6.71. The van der Waals surface area contributed by atoms with E-state index in [0.29, 0.717) is 6.54 Å². The predicted octanol–water partition coefficient (Wildman–Crippen LogP) is 1.84. The molecule has 1 rings (SSSR count). The van der Waals surface area contributed by atoms with Crippen molar-refractivity contribution in [2.24, 2.45) is 0 Å². The fourth-order valence-corrected chi connectivity index (χ4v) is 2.68. The Morgan fingerprint density at radius 1 is 1.45 bits per heavy atom. The fraction of sp³-hybridized carbons (Fsp3) is 0.462. The zero-order chi connectivity index (χ0) is 15.3. The van der Waals surface area contributed by atoms with Gasteiger partial charge in [0.25, 0.3) is 0 Å². The van der Waals surface area contributed by atoms with Gasteiger partial charge in [-0.3, -0.25) is 0 Å². The maximum atomic E-state index is 12.1. The Kier molecular flexibility index (Phi) is 5.52. The number of nitrogens with zero attached hydrogens (tertiary/aromatic N) is 1. The molecule has 0 bridgehead atoms. The first-order valence-corrected chi connectivity index (χ1v) is 7.82. The number of carboxylic acid groups (broad SMARTS) is 1. The van der Waals surface area contributed by atoms with Crippen LogP contribution < -0.4 is 4.72 Å². The van der Waals surface area contributed by atoms with Crippen molar-refractivity contribution in [3.8, 4) is 0 Å². The molecular formula is C13H20N2O4S. The zero-order valence-electron chi connectivity index (χ0n) is 11.9. The molecule has 1 heterocycles. The van der Waals surface area contributed by atoms with Crippen LogP contribution in [0.2, 0.25) is 0 Å². The summed E-state index contributed by atoms with van der Waals surface area (Å²) in [6.07, 6.45) is 3.83. The summed E-state index contributed by atoms with van der Waals surface area (Å²) in [7, 11) is -3.69. The first-order valence-electron chi connectivity index (χ1n) is 6.34. The van der Waals surface area contributed by atoms with E-state index in [4.69, 9.17) is 5.11 Å². The van der Waals surface area contributed by atoms with Gasteiger partial charge in [-0.2, -0.15) is 0 Å². The van der Waals surface area contributed by atoms with Crippen molar-refractivity contribution in [2.45, 2.75) is 38.6 Å². The lowest BCUT2D eigenvalue weighted by molar-refractivity contribution is 0.0685. The molecule has 0 fully saturated rings. The Morgan fingerprint density at radius 2 is 2.10 bits per heavy atom. The molecule has 1 aromatic heterocycles. The summed E-state index contributed by atoms with van der Waals surface area (Å²) in [4.78, 5) is 11.1. The van der Waals surface area contributed by atoms with Crippen LogP contribution >= 0.6 is 0 Å². The Bertz CT molecular complexity index is 610. The van der Waals surface area contributed by atoms with Crippen molar-refractivity contribution in [3.05, 3.63) is 29.6 Å². The highest BCUT2D eigenvalue weighted by Gasteiger charge is 2.20. The van der Waals surface area contributed by atoms with Gasteiger partial charge in [-0.25, -0.2) is 17.9 Å². The van der Waals surface area contributed by atoms with Crippen molar-refractivity contribution < 1.29 is 18.3 Å². The van der Waals surface area contributed by atoms with Gasteiger partial charge in [0.05, 0.1) is 0 Å². The van der Waals surface area contributed by atoms with Crippen molar-refractivity contribution in [2.75, 3.05) is 6.54 Å². The van der Waals surface area contributed by atoms with Crippen LogP contribution in [0.3, 0.4) is 0 Å². The topological polar surface area (TPSA) is 88.4 Å². The fourth-order valence-electron chi connectivity index (χ4n) is 1.67. The van der Waals surface area contributed by atoms with Gasteiger partial charge in [-0.1, -0.05) is 18.6 Å². The van der Waals surface area contributed by atoms with Crippen molar-refractivity contribution in [3.63, 3.8) is 0 Å². The van der Waals surface area contributed by atoms with Gasteiger partial charge < -0.3 is 9.67 Å². The molecule has 0 saturated carbocycles. The summed E-state index contributed by atoms with van der Waals surface area (Å²) in [5.41, 5.74) is 0.983. The van der Waals surface area contributed by atoms with E-state index in [0.717, 1.165) is 12.0 Å². The molecule has 0 aromatic carbocycles. The maximum Gasteiger partial charge on any atom is 0.352 e. The minimum absolute atomic E-state index is 0.0190. The van der Waals surface area contributed by atoms with Crippen molar-refractivity contribution in [1.29, 1.82) is 0 Å². The number of sulfonamides is 1. The van der Waals surface area contributed by atoms with Gasteiger partial charge >= 0.3 is 5.97 Å². The molecule has 20 heavy (non-hydrogen) atoms. The largest absolute Gasteiger partial charge is 0.477 e. The van der Waals surface area contributed by atoms with Crippen LogP contribution in [0.5, 0.6) is 0 Å². The number of carbonyl (C=O) groups is 1. The highest BCUT2D eigenvalue weighted by atomic mass is 32.2. The summed E-state index contributed by atoms with van der Waals surface area (Å²) < 4.78 is 28.0. The zero-order valence-corrected chi connectivity index (χ0v) is 12.7. The average Bonchev–Trinajstić information content (AvgIpc) is 2.73. The molecular weight excluding hydrogens is 280 g/mol. The molecule has 0 radical (unpaired) electrons. The molecule has 6 nitrogen and oxygen atoms in total. The number of nitrogens with one attached hydrogen (secondary N) is 1. The van der Waals surface area contributed by atoms with E-state index in [1.165, 1.54) is 16.8 Å². The monoisotopic (exact) mass is 300 g/mol. The van der Waals surface area contributed by atoms with Gasteiger partial charge in [0.2, 0.25) is 10.0 Å². The number of hydrogen-bond acceptors (Lipinski definition) is 3. The van der Waals surface area contributed by atoms with Gasteiger partial charge in [0.1, 0.15) is 10.6 Å². The lowest BCUT2D eigenvalue weighted by Crippen LogP contribution is -2.23. The standard InChI is InChI=1S/C13H20N2O4S/c1-4-7-15-9-11(8-12(15)13(16)17)20(18,19)14-6-5-10(2)3/h5,8-9,14H,4,6-7H2,1-3H3,(H,16,17). The lowest BCUT2D eigenvalue weighted by Gasteiger charge is -2.03. The number of aromatic carboxylic acids is 1. The SMILES string of the molecule is CCCn1cc(S(=O)(=O)NCC=C(C)C)cc1C(=O)O. The number of rotatable bonds is 7. The molecule has 0 saturated heterocycles. The minimum Gasteiger partial charge on any atom is -0.477 e. The van der Waals surface area contributed by atoms with Crippen molar-refractivity contribution in [1.82, 2.24) is 9.29 Å². The molecule has 0 unspecified atom stereocenters. The second-order valence-electron chi connectivity index (χ2n) is 4.69. The summed E-state index contributed by atoms with van der Waals surface area (Å²) in [5.74, 6) is -1.14. The van der Waals surface area contributed by atoms with Gasteiger partial charge in [0.15, 0.2) is 0 Å². The number of aryl methyl sites for hydroxylation is 1. The van der Waals surface area contributed by atoms with Crippen LogP contribution in [0, 0.1) is 0 Å². The van der Waals surface area contributed by atoms with Crippen LogP contribution in [0.15, 0.2) is 28.8 Å². The molecule has 7 heteroatoms. The molecule has 0 aliphatic carbocycles. The third-order valence-electron chi connectivity index (χ3n) is 2.65. The van der Waals surface area contributed by atoms with E-state index < -0.39 is 16.0 Å². The molecule has 0 atom stereocenters. The summed E-state index contributed by atoms with van der Waals surface area (Å²) in [6.45, 7) is 6.28. The van der Waals surface area contributed by atoms with E-state index in [-0.39, 0.29) is 17.1 Å². The molecule has 2 N–H and O–H groups in total. The van der Waals surface area contributed by atoms with E-state index in [2.05, 4.69) is 4.72 Å². The quantitative estimate of drug-likeness (QED) is 0.752. The van der Waals surface area contributed by atoms with Crippen LogP contribution in [-0.4, -0.2) is 30.6 Å². The number of carboxylic acids is 1. The minimum atomic E-state index is -3.69. The third kappa shape index (κ3) is 4.21. The normalized spacial score (nSPS) is 11.3. The van der Waals surface area contributed by atoms with E-state index in [9.17, 15) is 13.2 Å². The Hall–Kier alpha value is -1.60. The Balaban J connectivity index is 3.03. The van der Waals surface area contributed by atoms with Crippen LogP contribution in [0.1, 0.15) is 37.7 Å². The van der Waals surface area contributed by atoms with Crippen LogP contribution in [0.25, 0.3) is 0 Å². The number of allylic oxidation sites excluding steroid dienone is 1. The smallest absolute Gasteiger partial charge is 0.352 e. The van der Waals surface area contributed by atoms with Crippen LogP contribution in [-0.2, 0) is 16.6 Å². The van der Waals surface area contributed by atoms with E-state index >= 15 is 0 Å². The van der Waals surface area contributed by atoms with Crippen LogP contribution in [0.4, 0.5) is 0 Å². The predicted molar refractivity (Wildman–Crippen MR) is 76.3 cm³/mol. The summed E-state index contributed by atoms with van der Waals surface area (Å²) in [5, 5.41) is 9.07. The molecule has 112 valence electrons. The molecule has 0 aliphatic heterocycles. The number of aromatic nitrogens is 1. The highest BCUT2D eigenvalue weighted by Crippen LogP contribution is 2.15. The summed E-state index contributed by atoms with van der Waals surface area (Å²) >= 11 is 0. The number of hydrogen-bond donors (Lipinski definition) is 2. The molecule has 0 amide bonds. The summed E-state index contributed by atoms with van der Waals surface area (Å²) in [6, 6.07) is 1.18. The van der Waals surface area contributed by atoms with Crippen molar-refractivity contribution >= 4 is 16.0 Å². The van der Waals surface area contributed by atoms with E-state index in [1.807, 2.05) is 20.8 Å². The van der Waals surface area contributed by atoms with Gasteiger partial charge in [0, 0.05) is 19.3 Å². The first kappa shape index (κ1) is 16.5. The first-order chi connectivity index (χ1) is 9.27. The Labute approximate surface area is 119 Å². The third-order valence-corrected chi connectivity index (χ3v) is 4.04. The van der Waals surface area contributed by atoms with Gasteiger partial charge in [-0.15, -0.1) is 0 Å². The highest BCUT2D eigenvalue weighted by molar-refractivity contribution is 7.89. The Morgan fingerprint density at radius 3 is 2.60 bits per heavy atom. The maximum absolute atomic E-state index is 12.1. The lowest BCUT2D eigenvalue weighted by atomic mass is 10.3. The average molecular weight is 300 g/mol.